The van der Waals surface area contributed by atoms with Gasteiger partial charge >= 0.3 is 0 Å². The summed E-state index contributed by atoms with van der Waals surface area (Å²) in [5, 5.41) is 3.34. The maximum Gasteiger partial charge on any atom is 0.238 e. The van der Waals surface area contributed by atoms with Crippen LogP contribution in [0.25, 0.3) is 0 Å². The van der Waals surface area contributed by atoms with Crippen molar-refractivity contribution < 1.29 is 4.79 Å². The Morgan fingerprint density at radius 2 is 2.05 bits per heavy atom. The van der Waals surface area contributed by atoms with E-state index in [0.717, 1.165) is 6.54 Å². The fraction of sp³-hybridized carbons (Fsp3) is 0.562. The minimum Gasteiger partial charge on any atom is -0.321 e. The minimum atomic E-state index is 0.0673. The quantitative estimate of drug-likeness (QED) is 0.900. The number of hydrogen-bond acceptors (Lipinski definition) is 2. The number of nitrogens with zero attached hydrogens (tertiary/aromatic N) is 1. The summed E-state index contributed by atoms with van der Waals surface area (Å²) in [6.07, 6.45) is 5.11. The maximum absolute atomic E-state index is 12.2. The average molecular weight is 258 g/mol. The van der Waals surface area contributed by atoms with Gasteiger partial charge in [0, 0.05) is 6.54 Å². The van der Waals surface area contributed by atoms with Crippen LogP contribution >= 0.6 is 0 Å². The Bertz CT molecular complexity index is 448. The van der Waals surface area contributed by atoms with Gasteiger partial charge in [-0.25, -0.2) is 0 Å². The summed E-state index contributed by atoms with van der Waals surface area (Å²) in [6, 6.07) is 10.3. The Hall–Kier alpha value is -1.35. The molecule has 1 saturated carbocycles. The van der Waals surface area contributed by atoms with Gasteiger partial charge in [0.25, 0.3) is 0 Å². The number of carbonyl (C=O) groups excluding carboxylic acids is 1. The Labute approximate surface area is 115 Å². The van der Waals surface area contributed by atoms with Crippen LogP contribution in [0, 0.1) is 5.41 Å². The molecule has 102 valence electrons. The molecule has 1 amide bonds. The van der Waals surface area contributed by atoms with Crippen molar-refractivity contribution in [1.82, 2.24) is 10.2 Å². The molecular formula is C16H22N2O. The molecule has 3 nitrogen and oxygen atoms in total. The van der Waals surface area contributed by atoms with Crippen molar-refractivity contribution in [3.05, 3.63) is 35.9 Å². The van der Waals surface area contributed by atoms with Crippen molar-refractivity contribution in [2.75, 3.05) is 13.1 Å². The van der Waals surface area contributed by atoms with E-state index in [-0.39, 0.29) is 12.1 Å². The molecule has 1 N–H and O–H groups in total. The summed E-state index contributed by atoms with van der Waals surface area (Å²) < 4.78 is 0. The number of carbonyl (C=O) groups is 1. The van der Waals surface area contributed by atoms with E-state index in [4.69, 9.17) is 0 Å². The van der Waals surface area contributed by atoms with Gasteiger partial charge in [0.1, 0.15) is 6.17 Å². The van der Waals surface area contributed by atoms with E-state index in [1.165, 1.54) is 31.2 Å². The molecule has 1 aliphatic carbocycles. The lowest BCUT2D eigenvalue weighted by molar-refractivity contribution is -0.130. The molecule has 1 saturated heterocycles. The van der Waals surface area contributed by atoms with Crippen molar-refractivity contribution in [3.8, 4) is 0 Å². The van der Waals surface area contributed by atoms with Gasteiger partial charge in [0.05, 0.1) is 6.54 Å². The van der Waals surface area contributed by atoms with Gasteiger partial charge in [-0.1, -0.05) is 43.7 Å². The number of amides is 1. The van der Waals surface area contributed by atoms with Crippen LogP contribution in [0.4, 0.5) is 0 Å². The van der Waals surface area contributed by atoms with Crippen LogP contribution in [0.1, 0.15) is 44.3 Å². The monoisotopic (exact) mass is 258 g/mol. The SMILES string of the molecule is CCC1(CN2C(=O)CNC2c2ccccc2)CCC1. The molecule has 2 aliphatic rings. The lowest BCUT2D eigenvalue weighted by atomic mass is 9.66. The largest absolute Gasteiger partial charge is 0.321 e. The Kier molecular flexibility index (Phi) is 3.31. The van der Waals surface area contributed by atoms with Crippen molar-refractivity contribution in [1.29, 1.82) is 0 Å². The van der Waals surface area contributed by atoms with Gasteiger partial charge in [-0.3, -0.25) is 10.1 Å². The molecule has 1 aromatic rings. The van der Waals surface area contributed by atoms with E-state index in [9.17, 15) is 4.79 Å². The molecule has 0 bridgehead atoms. The Morgan fingerprint density at radius 3 is 2.63 bits per heavy atom. The Morgan fingerprint density at radius 1 is 1.32 bits per heavy atom. The second-order valence-electron chi connectivity index (χ2n) is 5.92. The zero-order chi connectivity index (χ0) is 13.3. The predicted molar refractivity (Wildman–Crippen MR) is 75.5 cm³/mol. The molecule has 0 spiro atoms. The third-order valence-electron chi connectivity index (χ3n) is 4.86. The van der Waals surface area contributed by atoms with Crippen LogP contribution < -0.4 is 5.32 Å². The van der Waals surface area contributed by atoms with Crippen LogP contribution in [-0.4, -0.2) is 23.9 Å². The molecule has 0 radical (unpaired) electrons. The molecule has 1 heterocycles. The van der Waals surface area contributed by atoms with Crippen molar-refractivity contribution >= 4 is 5.91 Å². The van der Waals surface area contributed by atoms with E-state index in [0.29, 0.717) is 12.0 Å². The van der Waals surface area contributed by atoms with Gasteiger partial charge in [0.2, 0.25) is 5.91 Å². The fourth-order valence-electron chi connectivity index (χ4n) is 3.31. The van der Waals surface area contributed by atoms with Crippen LogP contribution in [-0.2, 0) is 4.79 Å². The molecule has 1 aliphatic heterocycles. The van der Waals surface area contributed by atoms with Crippen LogP contribution in [0.3, 0.4) is 0 Å². The summed E-state index contributed by atoms with van der Waals surface area (Å²) in [6.45, 7) is 3.64. The Balaban J connectivity index is 1.79. The van der Waals surface area contributed by atoms with Crippen molar-refractivity contribution in [2.24, 2.45) is 5.41 Å². The first-order chi connectivity index (χ1) is 9.24. The van der Waals surface area contributed by atoms with E-state index in [1.807, 2.05) is 18.2 Å². The second-order valence-corrected chi connectivity index (χ2v) is 5.92. The lowest BCUT2D eigenvalue weighted by Crippen LogP contribution is -2.44. The topological polar surface area (TPSA) is 32.3 Å². The van der Waals surface area contributed by atoms with Gasteiger partial charge in [-0.2, -0.15) is 0 Å². The highest BCUT2D eigenvalue weighted by Crippen LogP contribution is 2.45. The molecule has 1 unspecified atom stereocenters. The lowest BCUT2D eigenvalue weighted by Gasteiger charge is -2.45. The third kappa shape index (κ3) is 2.27. The van der Waals surface area contributed by atoms with Crippen LogP contribution in [0.15, 0.2) is 30.3 Å². The van der Waals surface area contributed by atoms with Crippen molar-refractivity contribution in [3.63, 3.8) is 0 Å². The summed E-state index contributed by atoms with van der Waals surface area (Å²) in [7, 11) is 0. The highest BCUT2D eigenvalue weighted by molar-refractivity contribution is 5.81. The smallest absolute Gasteiger partial charge is 0.238 e. The molecule has 3 rings (SSSR count). The molecule has 19 heavy (non-hydrogen) atoms. The summed E-state index contributed by atoms with van der Waals surface area (Å²) in [5.41, 5.74) is 1.58. The zero-order valence-corrected chi connectivity index (χ0v) is 11.6. The third-order valence-corrected chi connectivity index (χ3v) is 4.86. The van der Waals surface area contributed by atoms with Crippen LogP contribution in [0.5, 0.6) is 0 Å². The zero-order valence-electron chi connectivity index (χ0n) is 11.6. The number of benzene rings is 1. The molecular weight excluding hydrogens is 236 g/mol. The summed E-state index contributed by atoms with van der Waals surface area (Å²) >= 11 is 0. The summed E-state index contributed by atoms with van der Waals surface area (Å²) in [5.74, 6) is 0.244. The van der Waals surface area contributed by atoms with E-state index >= 15 is 0 Å². The highest BCUT2D eigenvalue weighted by Gasteiger charge is 2.41. The fourth-order valence-corrected chi connectivity index (χ4v) is 3.31. The normalized spacial score (nSPS) is 25.4. The van der Waals surface area contributed by atoms with Gasteiger partial charge in [-0.15, -0.1) is 0 Å². The minimum absolute atomic E-state index is 0.0673. The first kappa shape index (κ1) is 12.7. The van der Waals surface area contributed by atoms with Gasteiger partial charge in [0.15, 0.2) is 0 Å². The first-order valence-corrected chi connectivity index (χ1v) is 7.32. The van der Waals surface area contributed by atoms with E-state index < -0.39 is 0 Å². The van der Waals surface area contributed by atoms with Gasteiger partial charge in [-0.05, 0) is 30.2 Å². The molecule has 1 aromatic carbocycles. The molecule has 2 fully saturated rings. The highest BCUT2D eigenvalue weighted by atomic mass is 16.2. The average Bonchev–Trinajstić information content (AvgIpc) is 2.76. The first-order valence-electron chi connectivity index (χ1n) is 7.32. The van der Waals surface area contributed by atoms with Gasteiger partial charge < -0.3 is 4.90 Å². The molecule has 3 heteroatoms. The number of hydrogen-bond donors (Lipinski definition) is 1. The summed E-state index contributed by atoms with van der Waals surface area (Å²) in [4.78, 5) is 14.2. The van der Waals surface area contributed by atoms with E-state index in [1.54, 1.807) is 0 Å². The standard InChI is InChI=1S/C16H22N2O/c1-2-16(9-6-10-16)12-18-14(19)11-17-15(18)13-7-4-3-5-8-13/h3-5,7-8,15,17H,2,6,9-12H2,1H3. The van der Waals surface area contributed by atoms with Crippen molar-refractivity contribution in [2.45, 2.75) is 38.8 Å². The molecule has 0 aromatic heterocycles. The predicted octanol–water partition coefficient (Wildman–Crippen LogP) is 2.70. The van der Waals surface area contributed by atoms with E-state index in [2.05, 4.69) is 29.3 Å². The number of nitrogens with one attached hydrogen (secondary N) is 1. The number of rotatable bonds is 4. The molecule has 1 atom stereocenters. The van der Waals surface area contributed by atoms with Crippen LogP contribution in [0.2, 0.25) is 0 Å². The maximum atomic E-state index is 12.2. The second kappa shape index (κ2) is 4.97.